The third-order valence-corrected chi connectivity index (χ3v) is 4.03. The minimum Gasteiger partial charge on any atom is -0.496 e. The van der Waals surface area contributed by atoms with Crippen LogP contribution in [0.2, 0.25) is 5.02 Å². The van der Waals surface area contributed by atoms with Gasteiger partial charge in [-0.2, -0.15) is 0 Å². The molecule has 0 aromatic heterocycles. The summed E-state index contributed by atoms with van der Waals surface area (Å²) >= 11 is 9.52. The van der Waals surface area contributed by atoms with E-state index in [1.54, 1.807) is 25.3 Å². The SMILES string of the molecule is COc1ccc(Cl)cc1C(=O)N1CCCC(Br)C1. The van der Waals surface area contributed by atoms with Crippen molar-refractivity contribution in [2.75, 3.05) is 20.2 Å². The number of ether oxygens (including phenoxy) is 1. The lowest BCUT2D eigenvalue weighted by Crippen LogP contribution is -2.40. The number of alkyl halides is 1. The molecule has 0 N–H and O–H groups in total. The molecule has 0 spiro atoms. The highest BCUT2D eigenvalue weighted by atomic mass is 79.9. The van der Waals surface area contributed by atoms with Crippen LogP contribution >= 0.6 is 27.5 Å². The molecule has 1 heterocycles. The van der Waals surface area contributed by atoms with Gasteiger partial charge in [-0.25, -0.2) is 0 Å². The summed E-state index contributed by atoms with van der Waals surface area (Å²) in [6.45, 7) is 1.52. The summed E-state index contributed by atoms with van der Waals surface area (Å²) in [7, 11) is 1.56. The van der Waals surface area contributed by atoms with Crippen molar-refractivity contribution in [3.05, 3.63) is 28.8 Å². The van der Waals surface area contributed by atoms with Gasteiger partial charge in [0.05, 0.1) is 12.7 Å². The zero-order chi connectivity index (χ0) is 13.1. The van der Waals surface area contributed by atoms with Gasteiger partial charge in [-0.3, -0.25) is 4.79 Å². The van der Waals surface area contributed by atoms with Gasteiger partial charge in [-0.05, 0) is 31.0 Å². The second-order valence-corrected chi connectivity index (χ2v) is 6.07. The second-order valence-electron chi connectivity index (χ2n) is 4.34. The van der Waals surface area contributed by atoms with Crippen LogP contribution in [0.1, 0.15) is 23.2 Å². The Labute approximate surface area is 120 Å². The number of nitrogens with zero attached hydrogens (tertiary/aromatic N) is 1. The fourth-order valence-electron chi connectivity index (χ4n) is 2.13. The Balaban J connectivity index is 2.24. The van der Waals surface area contributed by atoms with Crippen LogP contribution < -0.4 is 4.74 Å². The zero-order valence-corrected chi connectivity index (χ0v) is 12.5. The number of halogens is 2. The van der Waals surface area contributed by atoms with E-state index in [1.807, 2.05) is 4.90 Å². The van der Waals surface area contributed by atoms with E-state index >= 15 is 0 Å². The molecule has 0 aliphatic carbocycles. The maximum absolute atomic E-state index is 12.4. The zero-order valence-electron chi connectivity index (χ0n) is 10.2. The standard InChI is InChI=1S/C13H15BrClNO2/c1-18-12-5-4-10(15)7-11(12)13(17)16-6-2-3-9(14)8-16/h4-5,7,9H,2-3,6,8H2,1H3. The van der Waals surface area contributed by atoms with Gasteiger partial charge >= 0.3 is 0 Å². The van der Waals surface area contributed by atoms with Gasteiger partial charge < -0.3 is 9.64 Å². The first-order chi connectivity index (χ1) is 8.61. The molecule has 1 aliphatic rings. The summed E-state index contributed by atoms with van der Waals surface area (Å²) in [6.07, 6.45) is 2.13. The van der Waals surface area contributed by atoms with Crippen LogP contribution in [0.3, 0.4) is 0 Å². The van der Waals surface area contributed by atoms with Crippen molar-refractivity contribution < 1.29 is 9.53 Å². The van der Waals surface area contributed by atoms with Crippen molar-refractivity contribution in [1.82, 2.24) is 4.90 Å². The summed E-state index contributed by atoms with van der Waals surface area (Å²) in [4.78, 5) is 14.7. The number of hydrogen-bond acceptors (Lipinski definition) is 2. The molecule has 0 bridgehead atoms. The molecule has 1 amide bonds. The molecule has 1 fully saturated rings. The summed E-state index contributed by atoms with van der Waals surface area (Å²) < 4.78 is 5.22. The number of rotatable bonds is 2. The Kier molecular flexibility index (Phi) is 4.51. The van der Waals surface area contributed by atoms with Crippen LogP contribution in [-0.4, -0.2) is 35.8 Å². The number of carbonyl (C=O) groups is 1. The molecule has 1 aromatic carbocycles. The van der Waals surface area contributed by atoms with Crippen LogP contribution in [0.25, 0.3) is 0 Å². The fourth-order valence-corrected chi connectivity index (χ4v) is 2.97. The summed E-state index contributed by atoms with van der Waals surface area (Å²) in [5.74, 6) is 0.555. The fraction of sp³-hybridized carbons (Fsp3) is 0.462. The molecule has 0 saturated carbocycles. The quantitative estimate of drug-likeness (QED) is 0.777. The van der Waals surface area contributed by atoms with E-state index in [4.69, 9.17) is 16.3 Å². The van der Waals surface area contributed by atoms with Gasteiger partial charge in [0.25, 0.3) is 5.91 Å². The van der Waals surface area contributed by atoms with E-state index in [2.05, 4.69) is 15.9 Å². The predicted octanol–water partition coefficient (Wildman–Crippen LogP) is 3.35. The number of benzene rings is 1. The lowest BCUT2D eigenvalue weighted by atomic mass is 10.1. The lowest BCUT2D eigenvalue weighted by Gasteiger charge is -2.30. The lowest BCUT2D eigenvalue weighted by molar-refractivity contribution is 0.0726. The first-order valence-corrected chi connectivity index (χ1v) is 7.18. The molecule has 1 aromatic rings. The van der Waals surface area contributed by atoms with Crippen molar-refractivity contribution in [2.45, 2.75) is 17.7 Å². The van der Waals surface area contributed by atoms with Crippen LogP contribution in [0.5, 0.6) is 5.75 Å². The maximum atomic E-state index is 12.4. The number of piperidine rings is 1. The first-order valence-electron chi connectivity index (χ1n) is 5.88. The molecule has 5 heteroatoms. The Morgan fingerprint density at radius 2 is 2.33 bits per heavy atom. The van der Waals surface area contributed by atoms with E-state index in [9.17, 15) is 4.79 Å². The summed E-state index contributed by atoms with van der Waals surface area (Å²) in [5.41, 5.74) is 0.534. The largest absolute Gasteiger partial charge is 0.496 e. The van der Waals surface area contributed by atoms with E-state index in [1.165, 1.54) is 0 Å². The molecule has 1 saturated heterocycles. The number of carbonyl (C=O) groups excluding carboxylic acids is 1. The summed E-state index contributed by atoms with van der Waals surface area (Å²) in [5, 5.41) is 0.548. The average Bonchev–Trinajstić information content (AvgIpc) is 2.38. The third-order valence-electron chi connectivity index (χ3n) is 3.04. The highest BCUT2D eigenvalue weighted by molar-refractivity contribution is 9.09. The van der Waals surface area contributed by atoms with E-state index in [0.717, 1.165) is 25.9 Å². The van der Waals surface area contributed by atoms with Crippen molar-refractivity contribution in [3.8, 4) is 5.75 Å². The Hall–Kier alpha value is -0.740. The Morgan fingerprint density at radius 3 is 3.00 bits per heavy atom. The molecule has 1 unspecified atom stereocenters. The normalized spacial score (nSPS) is 19.7. The maximum Gasteiger partial charge on any atom is 0.257 e. The van der Waals surface area contributed by atoms with Gasteiger partial charge in [0.1, 0.15) is 5.75 Å². The summed E-state index contributed by atoms with van der Waals surface area (Å²) in [6, 6.07) is 5.12. The Bertz CT molecular complexity index is 453. The number of hydrogen-bond donors (Lipinski definition) is 0. The van der Waals surface area contributed by atoms with Crippen molar-refractivity contribution in [2.24, 2.45) is 0 Å². The third kappa shape index (κ3) is 2.98. The van der Waals surface area contributed by atoms with E-state index in [0.29, 0.717) is 21.2 Å². The predicted molar refractivity (Wildman–Crippen MR) is 75.9 cm³/mol. The smallest absolute Gasteiger partial charge is 0.257 e. The van der Waals surface area contributed by atoms with Gasteiger partial charge in [0.15, 0.2) is 0 Å². The van der Waals surface area contributed by atoms with Crippen LogP contribution in [0.4, 0.5) is 0 Å². The van der Waals surface area contributed by atoms with Crippen LogP contribution in [0.15, 0.2) is 18.2 Å². The average molecular weight is 333 g/mol. The molecular formula is C13H15BrClNO2. The number of likely N-dealkylation sites (tertiary alicyclic amines) is 1. The van der Waals surface area contributed by atoms with Crippen LogP contribution in [-0.2, 0) is 0 Å². The van der Waals surface area contributed by atoms with Gasteiger partial charge in [-0.15, -0.1) is 0 Å². The van der Waals surface area contributed by atoms with Gasteiger partial charge in [0, 0.05) is 22.9 Å². The van der Waals surface area contributed by atoms with E-state index < -0.39 is 0 Å². The van der Waals surface area contributed by atoms with Crippen molar-refractivity contribution in [1.29, 1.82) is 0 Å². The first kappa shape index (κ1) is 13.7. The number of methoxy groups -OCH3 is 1. The monoisotopic (exact) mass is 331 g/mol. The highest BCUT2D eigenvalue weighted by Crippen LogP contribution is 2.26. The highest BCUT2D eigenvalue weighted by Gasteiger charge is 2.25. The molecule has 1 atom stereocenters. The molecule has 1 aliphatic heterocycles. The van der Waals surface area contributed by atoms with Crippen molar-refractivity contribution >= 4 is 33.4 Å². The molecule has 0 radical (unpaired) electrons. The molecular weight excluding hydrogens is 318 g/mol. The Morgan fingerprint density at radius 1 is 1.56 bits per heavy atom. The van der Waals surface area contributed by atoms with Gasteiger partial charge in [-0.1, -0.05) is 27.5 Å². The van der Waals surface area contributed by atoms with Gasteiger partial charge in [0.2, 0.25) is 0 Å². The molecule has 18 heavy (non-hydrogen) atoms. The van der Waals surface area contributed by atoms with Crippen LogP contribution in [0, 0.1) is 0 Å². The molecule has 3 nitrogen and oxygen atoms in total. The second kappa shape index (κ2) is 5.93. The van der Waals surface area contributed by atoms with Crippen molar-refractivity contribution in [3.63, 3.8) is 0 Å². The number of amides is 1. The minimum absolute atomic E-state index is 0.0153. The molecule has 2 rings (SSSR count). The minimum atomic E-state index is -0.0153. The molecule has 98 valence electrons. The topological polar surface area (TPSA) is 29.5 Å². The van der Waals surface area contributed by atoms with E-state index in [-0.39, 0.29) is 5.91 Å².